The van der Waals surface area contributed by atoms with E-state index in [2.05, 4.69) is 19.9 Å². The van der Waals surface area contributed by atoms with E-state index >= 15 is 4.39 Å². The summed E-state index contributed by atoms with van der Waals surface area (Å²) in [5, 5.41) is 3.70. The Balaban J connectivity index is 1.34. The van der Waals surface area contributed by atoms with Gasteiger partial charge in [-0.15, -0.1) is 0 Å². The van der Waals surface area contributed by atoms with Crippen molar-refractivity contribution in [2.24, 2.45) is 0 Å². The Morgan fingerprint density at radius 3 is 2.76 bits per heavy atom. The normalized spacial score (nSPS) is 18.1. The molecule has 0 aliphatic carbocycles. The van der Waals surface area contributed by atoms with Crippen molar-refractivity contribution in [3.05, 3.63) is 65.8 Å². The molecular weight excluding hydrogens is 473 g/mol. The Morgan fingerprint density at radius 1 is 1.03 bits per heavy atom. The van der Waals surface area contributed by atoms with Crippen molar-refractivity contribution in [1.29, 1.82) is 0 Å². The topological polar surface area (TPSA) is 87.8 Å². The molecule has 37 heavy (non-hydrogen) atoms. The fourth-order valence-corrected chi connectivity index (χ4v) is 6.00. The zero-order valence-corrected chi connectivity index (χ0v) is 20.3. The standard InChI is InChI=1S/C27H26FN7O2/c28-18-10-17-15-34(27(37)32-5-2-1-3-6-32)9-8-33-16-21(19(11-18)25(17)33)20-12-31-26(36)24(20)22-13-30-23-14-29-4-7-35(22)23/h4,7,10-11,13-14,16H,1-3,5-6,8-9,12,15H2,(H,31,36). The van der Waals surface area contributed by atoms with E-state index in [4.69, 9.17) is 0 Å². The minimum Gasteiger partial charge on any atom is -0.348 e. The number of carbonyl (C=O) groups is 2. The second-order valence-corrected chi connectivity index (χ2v) is 9.93. The zero-order chi connectivity index (χ0) is 25.1. The van der Waals surface area contributed by atoms with Crippen molar-refractivity contribution in [3.63, 3.8) is 0 Å². The predicted octanol–water partition coefficient (Wildman–Crippen LogP) is 3.29. The second-order valence-electron chi connectivity index (χ2n) is 9.93. The number of nitrogens with zero attached hydrogens (tertiary/aromatic N) is 6. The molecule has 0 saturated carbocycles. The Morgan fingerprint density at radius 2 is 1.89 bits per heavy atom. The number of hydrogen-bond donors (Lipinski definition) is 1. The van der Waals surface area contributed by atoms with Gasteiger partial charge in [0.15, 0.2) is 5.65 Å². The first kappa shape index (κ1) is 22.0. The highest BCUT2D eigenvalue weighted by molar-refractivity contribution is 6.31. The Kier molecular flexibility index (Phi) is 5.02. The summed E-state index contributed by atoms with van der Waals surface area (Å²) >= 11 is 0. The first-order valence-corrected chi connectivity index (χ1v) is 12.7. The molecule has 0 atom stereocenters. The second kappa shape index (κ2) is 8.43. The van der Waals surface area contributed by atoms with Crippen molar-refractivity contribution in [3.8, 4) is 0 Å². The maximum Gasteiger partial charge on any atom is 0.320 e. The van der Waals surface area contributed by atoms with Gasteiger partial charge in [-0.2, -0.15) is 0 Å². The molecule has 0 spiro atoms. The molecule has 1 fully saturated rings. The van der Waals surface area contributed by atoms with Gasteiger partial charge < -0.3 is 19.7 Å². The van der Waals surface area contributed by atoms with Crippen LogP contribution in [0.25, 0.3) is 27.7 Å². The van der Waals surface area contributed by atoms with Crippen LogP contribution >= 0.6 is 0 Å². The molecule has 0 bridgehead atoms. The molecule has 9 nitrogen and oxygen atoms in total. The van der Waals surface area contributed by atoms with Crippen molar-refractivity contribution in [2.45, 2.75) is 32.4 Å². The number of benzene rings is 1. The van der Waals surface area contributed by atoms with Gasteiger partial charge in [0.25, 0.3) is 5.91 Å². The van der Waals surface area contributed by atoms with Crippen molar-refractivity contribution in [2.75, 3.05) is 26.2 Å². The van der Waals surface area contributed by atoms with Gasteiger partial charge in [0.2, 0.25) is 0 Å². The SMILES string of the molecule is O=C1NCC(c2cn3c4c(cc(F)cc24)CN(C(=O)N2CCCCC2)CC3)=C1c1cnc2cnccn12. The molecule has 3 aromatic heterocycles. The number of amides is 3. The number of nitrogens with one attached hydrogen (secondary N) is 1. The van der Waals surface area contributed by atoms with Crippen LogP contribution in [0.1, 0.15) is 36.1 Å². The number of aromatic nitrogens is 4. The third-order valence-electron chi connectivity index (χ3n) is 7.74. The van der Waals surface area contributed by atoms with Crippen molar-refractivity contribution < 1.29 is 14.0 Å². The summed E-state index contributed by atoms with van der Waals surface area (Å²) in [6.07, 6.45) is 12.0. The summed E-state index contributed by atoms with van der Waals surface area (Å²) in [5.74, 6) is -0.536. The molecule has 3 amide bonds. The molecule has 7 rings (SSSR count). The molecule has 1 aromatic carbocycles. The van der Waals surface area contributed by atoms with Crippen molar-refractivity contribution >= 4 is 39.6 Å². The molecule has 6 heterocycles. The highest BCUT2D eigenvalue weighted by Crippen LogP contribution is 2.38. The molecule has 0 unspecified atom stereocenters. The highest BCUT2D eigenvalue weighted by Gasteiger charge is 2.32. The quantitative estimate of drug-likeness (QED) is 0.459. The Labute approximate surface area is 212 Å². The van der Waals surface area contributed by atoms with Gasteiger partial charge in [0.1, 0.15) is 5.82 Å². The molecule has 3 aliphatic rings. The molecule has 1 N–H and O–H groups in total. The van der Waals surface area contributed by atoms with Gasteiger partial charge in [0.05, 0.1) is 29.2 Å². The number of imidazole rings is 1. The highest BCUT2D eigenvalue weighted by atomic mass is 19.1. The molecule has 3 aliphatic heterocycles. The minimum atomic E-state index is -0.353. The van der Waals surface area contributed by atoms with Crippen LogP contribution in [0, 0.1) is 5.82 Å². The van der Waals surface area contributed by atoms with E-state index in [0.29, 0.717) is 43.1 Å². The van der Waals surface area contributed by atoms with Gasteiger partial charge in [-0.05, 0) is 42.5 Å². The number of piperidine rings is 1. The molecule has 4 aromatic rings. The van der Waals surface area contributed by atoms with Gasteiger partial charge in [-0.1, -0.05) is 0 Å². The van der Waals surface area contributed by atoms with E-state index in [1.54, 1.807) is 30.9 Å². The van der Waals surface area contributed by atoms with E-state index in [-0.39, 0.29) is 17.8 Å². The lowest BCUT2D eigenvalue weighted by molar-refractivity contribution is -0.114. The zero-order valence-electron chi connectivity index (χ0n) is 20.3. The summed E-state index contributed by atoms with van der Waals surface area (Å²) in [4.78, 5) is 38.6. The first-order valence-electron chi connectivity index (χ1n) is 12.7. The summed E-state index contributed by atoms with van der Waals surface area (Å²) in [6, 6.07) is 3.11. The van der Waals surface area contributed by atoms with Crippen LogP contribution in [0.15, 0.2) is 43.1 Å². The van der Waals surface area contributed by atoms with Gasteiger partial charge in [0, 0.05) is 68.8 Å². The monoisotopic (exact) mass is 499 g/mol. The summed E-state index contributed by atoms with van der Waals surface area (Å²) < 4.78 is 19.0. The maximum absolute atomic E-state index is 15.0. The fraction of sp³-hybridized carbons (Fsp3) is 0.333. The van der Waals surface area contributed by atoms with Crippen LogP contribution in [-0.2, 0) is 17.9 Å². The molecule has 1 saturated heterocycles. The molecule has 188 valence electrons. The van der Waals surface area contributed by atoms with Gasteiger partial charge in [-0.3, -0.25) is 14.2 Å². The third-order valence-corrected chi connectivity index (χ3v) is 7.74. The number of carbonyl (C=O) groups excluding carboxylic acids is 2. The molecular formula is C27H26FN7O2. The van der Waals surface area contributed by atoms with E-state index in [1.165, 1.54) is 6.07 Å². The Bertz CT molecular complexity index is 1610. The van der Waals surface area contributed by atoms with Crippen LogP contribution in [-0.4, -0.2) is 66.9 Å². The Hall–Kier alpha value is -4.21. The van der Waals surface area contributed by atoms with Gasteiger partial charge in [-0.25, -0.2) is 14.2 Å². The molecule has 0 radical (unpaired) electrons. The van der Waals surface area contributed by atoms with Crippen LogP contribution in [0.4, 0.5) is 9.18 Å². The number of hydrogen-bond acceptors (Lipinski definition) is 4. The van der Waals surface area contributed by atoms with E-state index in [9.17, 15) is 9.59 Å². The maximum atomic E-state index is 15.0. The third kappa shape index (κ3) is 3.50. The van der Waals surface area contributed by atoms with E-state index in [0.717, 1.165) is 60.0 Å². The average Bonchev–Trinajstić information content (AvgIpc) is 3.57. The fourth-order valence-electron chi connectivity index (χ4n) is 6.00. The largest absolute Gasteiger partial charge is 0.348 e. The van der Waals surface area contributed by atoms with Crippen LogP contribution in [0.5, 0.6) is 0 Å². The van der Waals surface area contributed by atoms with Gasteiger partial charge >= 0.3 is 6.03 Å². The smallest absolute Gasteiger partial charge is 0.320 e. The van der Waals surface area contributed by atoms with E-state index < -0.39 is 0 Å². The van der Waals surface area contributed by atoms with Crippen molar-refractivity contribution in [1.82, 2.24) is 34.1 Å². The predicted molar refractivity (Wildman–Crippen MR) is 136 cm³/mol. The van der Waals surface area contributed by atoms with E-state index in [1.807, 2.05) is 20.4 Å². The lowest BCUT2D eigenvalue weighted by Crippen LogP contribution is -2.45. The van der Waals surface area contributed by atoms with Crippen LogP contribution < -0.4 is 5.32 Å². The van der Waals surface area contributed by atoms with Crippen LogP contribution in [0.3, 0.4) is 0 Å². The number of fused-ring (bicyclic) bond motifs is 1. The number of rotatable bonds is 2. The first-order chi connectivity index (χ1) is 18.1. The molecule has 10 heteroatoms. The summed E-state index contributed by atoms with van der Waals surface area (Å²) in [7, 11) is 0. The number of halogens is 1. The number of urea groups is 1. The lowest BCUT2D eigenvalue weighted by Gasteiger charge is -2.32. The summed E-state index contributed by atoms with van der Waals surface area (Å²) in [5.41, 5.74) is 5.18. The minimum absolute atomic E-state index is 0.0285. The summed E-state index contributed by atoms with van der Waals surface area (Å²) in [6.45, 7) is 3.40. The van der Waals surface area contributed by atoms with Crippen LogP contribution in [0.2, 0.25) is 0 Å². The lowest BCUT2D eigenvalue weighted by atomic mass is 9.98. The average molecular weight is 500 g/mol. The number of likely N-dealkylation sites (tertiary alicyclic amines) is 1.